The third-order valence-electron chi connectivity index (χ3n) is 2.91. The lowest BCUT2D eigenvalue weighted by atomic mass is 10.2. The van der Waals surface area contributed by atoms with Crippen molar-refractivity contribution in [2.45, 2.75) is 45.8 Å². The number of likely N-dealkylation sites (tertiary alicyclic amines) is 1. The van der Waals surface area contributed by atoms with Gasteiger partial charge in [0, 0.05) is 25.4 Å². The molecule has 6 heteroatoms. The molecule has 0 aliphatic carbocycles. The Kier molecular flexibility index (Phi) is 4.11. The molecule has 0 unspecified atom stereocenters. The average molecular weight is 279 g/mol. The van der Waals surface area contributed by atoms with Crippen molar-refractivity contribution in [1.82, 2.24) is 14.9 Å². The summed E-state index contributed by atoms with van der Waals surface area (Å²) in [6, 6.07) is 0. The molecule has 1 fully saturated rings. The van der Waals surface area contributed by atoms with Crippen molar-refractivity contribution in [2.24, 2.45) is 0 Å². The van der Waals surface area contributed by atoms with Crippen molar-refractivity contribution < 1.29 is 14.3 Å². The Morgan fingerprint density at radius 2 is 2.05 bits per heavy atom. The van der Waals surface area contributed by atoms with Gasteiger partial charge in [-0.25, -0.2) is 9.78 Å². The van der Waals surface area contributed by atoms with Gasteiger partial charge in [0.1, 0.15) is 11.7 Å². The second kappa shape index (κ2) is 5.64. The molecule has 1 atom stereocenters. The van der Waals surface area contributed by atoms with Gasteiger partial charge >= 0.3 is 6.09 Å². The van der Waals surface area contributed by atoms with Crippen LogP contribution in [0.5, 0.6) is 5.88 Å². The van der Waals surface area contributed by atoms with Gasteiger partial charge in [-0.3, -0.25) is 4.98 Å². The summed E-state index contributed by atoms with van der Waals surface area (Å²) in [5, 5.41) is 0. The highest BCUT2D eigenvalue weighted by Crippen LogP contribution is 2.20. The number of carbonyl (C=O) groups is 1. The van der Waals surface area contributed by atoms with E-state index in [2.05, 4.69) is 9.97 Å². The molecule has 1 amide bonds. The molecule has 2 rings (SSSR count). The van der Waals surface area contributed by atoms with E-state index in [9.17, 15) is 4.79 Å². The minimum Gasteiger partial charge on any atom is -0.471 e. The maximum atomic E-state index is 11.9. The summed E-state index contributed by atoms with van der Waals surface area (Å²) in [5.41, 5.74) is 0.278. The average Bonchev–Trinajstić information content (AvgIpc) is 2.79. The lowest BCUT2D eigenvalue weighted by molar-refractivity contribution is 0.0274. The first-order valence-corrected chi connectivity index (χ1v) is 6.77. The van der Waals surface area contributed by atoms with Crippen LogP contribution in [-0.4, -0.2) is 45.8 Å². The largest absolute Gasteiger partial charge is 0.471 e. The van der Waals surface area contributed by atoms with Crippen LogP contribution in [0.25, 0.3) is 0 Å². The summed E-state index contributed by atoms with van der Waals surface area (Å²) in [5.74, 6) is 0.531. The van der Waals surface area contributed by atoms with Crippen molar-refractivity contribution in [3.63, 3.8) is 0 Å². The number of ether oxygens (including phenoxy) is 2. The van der Waals surface area contributed by atoms with Gasteiger partial charge in [-0.05, 0) is 27.7 Å². The molecule has 2 heterocycles. The molecule has 0 aromatic carbocycles. The van der Waals surface area contributed by atoms with E-state index in [1.807, 2.05) is 27.7 Å². The molecule has 1 aliphatic rings. The summed E-state index contributed by atoms with van der Waals surface area (Å²) in [7, 11) is 0. The van der Waals surface area contributed by atoms with Gasteiger partial charge in [-0.2, -0.15) is 0 Å². The zero-order valence-electron chi connectivity index (χ0n) is 12.4. The molecule has 0 saturated carbocycles. The van der Waals surface area contributed by atoms with E-state index in [-0.39, 0.29) is 12.2 Å². The zero-order valence-corrected chi connectivity index (χ0v) is 12.4. The molecule has 110 valence electrons. The number of carbonyl (C=O) groups excluding carboxylic acids is 1. The van der Waals surface area contributed by atoms with Crippen molar-refractivity contribution in [3.8, 4) is 5.88 Å². The topological polar surface area (TPSA) is 64.6 Å². The Bertz CT molecular complexity index is 485. The Morgan fingerprint density at radius 3 is 2.70 bits per heavy atom. The second-order valence-corrected chi connectivity index (χ2v) is 5.90. The molecule has 6 nitrogen and oxygen atoms in total. The first-order valence-electron chi connectivity index (χ1n) is 6.77. The molecule has 20 heavy (non-hydrogen) atoms. The highest BCUT2D eigenvalue weighted by atomic mass is 16.6. The second-order valence-electron chi connectivity index (χ2n) is 5.90. The third-order valence-corrected chi connectivity index (χ3v) is 2.91. The Hall–Kier alpha value is -1.85. The van der Waals surface area contributed by atoms with E-state index >= 15 is 0 Å². The van der Waals surface area contributed by atoms with Crippen LogP contribution in [0.3, 0.4) is 0 Å². The molecule has 1 saturated heterocycles. The van der Waals surface area contributed by atoms with E-state index in [1.54, 1.807) is 17.3 Å². The van der Waals surface area contributed by atoms with Crippen LogP contribution in [0.1, 0.15) is 32.9 Å². The summed E-state index contributed by atoms with van der Waals surface area (Å²) in [6.45, 7) is 8.58. The Morgan fingerprint density at radius 1 is 1.35 bits per heavy atom. The highest BCUT2D eigenvalue weighted by Gasteiger charge is 2.31. The van der Waals surface area contributed by atoms with Crippen LogP contribution >= 0.6 is 0 Å². The van der Waals surface area contributed by atoms with E-state index in [4.69, 9.17) is 9.47 Å². The first kappa shape index (κ1) is 14.6. The smallest absolute Gasteiger partial charge is 0.410 e. The van der Waals surface area contributed by atoms with Crippen LogP contribution in [-0.2, 0) is 4.74 Å². The lowest BCUT2D eigenvalue weighted by Gasteiger charge is -2.24. The fraction of sp³-hybridized carbons (Fsp3) is 0.643. The van der Waals surface area contributed by atoms with Crippen LogP contribution in [0.4, 0.5) is 4.79 Å². The Labute approximate surface area is 119 Å². The van der Waals surface area contributed by atoms with Gasteiger partial charge < -0.3 is 14.4 Å². The summed E-state index contributed by atoms with van der Waals surface area (Å²) in [6.07, 6.45) is 3.65. The van der Waals surface area contributed by atoms with Crippen LogP contribution in [0.15, 0.2) is 12.4 Å². The summed E-state index contributed by atoms with van der Waals surface area (Å²) >= 11 is 0. The van der Waals surface area contributed by atoms with Gasteiger partial charge in [-0.1, -0.05) is 0 Å². The maximum absolute atomic E-state index is 11.9. The number of aromatic nitrogens is 2. The molecule has 1 aromatic rings. The minimum atomic E-state index is -0.475. The molecule has 1 aromatic heterocycles. The van der Waals surface area contributed by atoms with Gasteiger partial charge in [0.25, 0.3) is 0 Å². The molecule has 1 aliphatic heterocycles. The van der Waals surface area contributed by atoms with Gasteiger partial charge in [0.2, 0.25) is 5.88 Å². The van der Waals surface area contributed by atoms with Crippen LogP contribution < -0.4 is 4.74 Å². The van der Waals surface area contributed by atoms with Crippen LogP contribution in [0.2, 0.25) is 0 Å². The van der Waals surface area contributed by atoms with E-state index in [1.165, 1.54) is 0 Å². The molecule has 0 bridgehead atoms. The molecular weight excluding hydrogens is 258 g/mol. The quantitative estimate of drug-likeness (QED) is 0.830. The summed E-state index contributed by atoms with van der Waals surface area (Å²) in [4.78, 5) is 21.9. The number of amides is 1. The predicted octanol–water partition coefficient (Wildman–Crippen LogP) is 2.17. The van der Waals surface area contributed by atoms with E-state index in [0.29, 0.717) is 19.0 Å². The lowest BCUT2D eigenvalue weighted by Crippen LogP contribution is -2.36. The Balaban J connectivity index is 1.90. The van der Waals surface area contributed by atoms with Gasteiger partial charge in [-0.15, -0.1) is 0 Å². The minimum absolute atomic E-state index is 0.0575. The fourth-order valence-electron chi connectivity index (χ4n) is 1.99. The zero-order chi connectivity index (χ0) is 14.8. The number of nitrogens with zero attached hydrogens (tertiary/aromatic N) is 3. The highest BCUT2D eigenvalue weighted by molar-refractivity contribution is 5.68. The van der Waals surface area contributed by atoms with Crippen molar-refractivity contribution >= 4 is 6.09 Å². The SMILES string of the molecule is Cc1nccnc1O[C@@H]1CCN(C(=O)OC(C)(C)C)C1. The molecule has 0 radical (unpaired) electrons. The van der Waals surface area contributed by atoms with Crippen LogP contribution in [0, 0.1) is 6.92 Å². The van der Waals surface area contributed by atoms with E-state index < -0.39 is 5.60 Å². The van der Waals surface area contributed by atoms with Gasteiger partial charge in [0.15, 0.2) is 0 Å². The normalized spacial score (nSPS) is 19.0. The van der Waals surface area contributed by atoms with Gasteiger partial charge in [0.05, 0.1) is 12.2 Å². The predicted molar refractivity (Wildman–Crippen MR) is 73.6 cm³/mol. The number of hydrogen-bond donors (Lipinski definition) is 0. The standard InChI is InChI=1S/C14H21N3O3/c1-10-12(16-7-6-15-10)19-11-5-8-17(9-11)13(18)20-14(2,3)4/h6-7,11H,5,8-9H2,1-4H3/t11-/m1/s1. The molecule has 0 N–H and O–H groups in total. The monoisotopic (exact) mass is 279 g/mol. The first-order chi connectivity index (χ1) is 9.35. The maximum Gasteiger partial charge on any atom is 0.410 e. The third kappa shape index (κ3) is 3.82. The van der Waals surface area contributed by atoms with Crippen molar-refractivity contribution in [1.29, 1.82) is 0 Å². The fourth-order valence-corrected chi connectivity index (χ4v) is 1.99. The number of rotatable bonds is 2. The van der Waals surface area contributed by atoms with Crippen molar-refractivity contribution in [3.05, 3.63) is 18.1 Å². The van der Waals surface area contributed by atoms with E-state index in [0.717, 1.165) is 12.1 Å². The number of hydrogen-bond acceptors (Lipinski definition) is 5. The molecule has 0 spiro atoms. The molecular formula is C14H21N3O3. The summed E-state index contributed by atoms with van der Waals surface area (Å²) < 4.78 is 11.1. The van der Waals surface area contributed by atoms with Crippen molar-refractivity contribution in [2.75, 3.05) is 13.1 Å². The number of aryl methyl sites for hydroxylation is 1.